The number of carbonyl (C=O) groups is 1. The van der Waals surface area contributed by atoms with Crippen LogP contribution >= 0.6 is 0 Å². The van der Waals surface area contributed by atoms with Crippen LogP contribution in [0.15, 0.2) is 6.20 Å². The van der Waals surface area contributed by atoms with Gasteiger partial charge in [-0.1, -0.05) is 0 Å². The molecule has 0 amide bonds. The van der Waals surface area contributed by atoms with Crippen molar-refractivity contribution in [2.24, 2.45) is 0 Å². The number of aryl methyl sites for hydroxylation is 2. The maximum Gasteiger partial charge on any atom is 0.261 e. The Kier molecular flexibility index (Phi) is 2.24. The van der Waals surface area contributed by atoms with E-state index in [1.54, 1.807) is 12.3 Å². The Hall–Kier alpha value is -1.63. The lowest BCUT2D eigenvalue weighted by Crippen LogP contribution is -2.09. The van der Waals surface area contributed by atoms with Gasteiger partial charge >= 0.3 is 0 Å². The maximum absolute atomic E-state index is 11.1. The van der Waals surface area contributed by atoms with E-state index in [1.807, 2.05) is 13.8 Å². The van der Waals surface area contributed by atoms with Crippen LogP contribution in [0.2, 0.25) is 0 Å². The Bertz CT molecular complexity index is 326. The second-order valence-corrected chi connectivity index (χ2v) is 2.57. The average molecular weight is 163 g/mol. The van der Waals surface area contributed by atoms with Crippen molar-refractivity contribution in [3.8, 4) is 6.07 Å². The molecule has 1 rings (SSSR count). The Morgan fingerprint density at radius 1 is 1.75 bits per heavy atom. The number of carbonyl (C=O) groups excluding carboxylic acids is 1. The van der Waals surface area contributed by atoms with Gasteiger partial charge in [0.1, 0.15) is 6.42 Å². The van der Waals surface area contributed by atoms with Gasteiger partial charge in [0.2, 0.25) is 0 Å². The van der Waals surface area contributed by atoms with Gasteiger partial charge in [0.05, 0.1) is 11.8 Å². The van der Waals surface area contributed by atoms with E-state index in [0.717, 1.165) is 11.3 Å². The molecule has 0 aliphatic rings. The highest BCUT2D eigenvalue weighted by Crippen LogP contribution is 2.02. The molecule has 1 heterocycles. The van der Waals surface area contributed by atoms with Gasteiger partial charge in [0.15, 0.2) is 0 Å². The minimum Gasteiger partial charge on any atom is -0.271 e. The molecular formula is C8H9N3O. The van der Waals surface area contributed by atoms with Gasteiger partial charge in [0, 0.05) is 6.20 Å². The van der Waals surface area contributed by atoms with Crippen molar-refractivity contribution in [1.82, 2.24) is 9.78 Å². The van der Waals surface area contributed by atoms with Crippen molar-refractivity contribution >= 4 is 5.91 Å². The summed E-state index contributed by atoms with van der Waals surface area (Å²) in [6.45, 7) is 3.70. The van der Waals surface area contributed by atoms with E-state index in [-0.39, 0.29) is 12.3 Å². The fourth-order valence-electron chi connectivity index (χ4n) is 0.823. The SMILES string of the molecule is Cc1cn(C(=O)CC#N)nc1C. The first-order chi connectivity index (χ1) is 5.65. The summed E-state index contributed by atoms with van der Waals surface area (Å²) in [7, 11) is 0. The van der Waals surface area contributed by atoms with Crippen LogP contribution in [-0.2, 0) is 0 Å². The molecule has 0 aromatic carbocycles. The van der Waals surface area contributed by atoms with Crippen molar-refractivity contribution in [2.75, 3.05) is 0 Å². The lowest BCUT2D eigenvalue weighted by atomic mass is 10.3. The highest BCUT2D eigenvalue weighted by atomic mass is 16.2. The summed E-state index contributed by atoms with van der Waals surface area (Å²) in [6, 6.07) is 1.78. The molecule has 0 aliphatic carbocycles. The monoisotopic (exact) mass is 163 g/mol. The van der Waals surface area contributed by atoms with E-state index in [0.29, 0.717) is 0 Å². The molecule has 0 spiro atoms. The summed E-state index contributed by atoms with van der Waals surface area (Å²) < 4.78 is 1.22. The zero-order chi connectivity index (χ0) is 9.14. The van der Waals surface area contributed by atoms with Crippen molar-refractivity contribution in [1.29, 1.82) is 5.26 Å². The van der Waals surface area contributed by atoms with Crippen molar-refractivity contribution in [3.63, 3.8) is 0 Å². The van der Waals surface area contributed by atoms with E-state index >= 15 is 0 Å². The third-order valence-corrected chi connectivity index (χ3v) is 1.63. The number of rotatable bonds is 1. The molecule has 0 N–H and O–H groups in total. The van der Waals surface area contributed by atoms with E-state index in [2.05, 4.69) is 5.10 Å². The third-order valence-electron chi connectivity index (χ3n) is 1.63. The van der Waals surface area contributed by atoms with Crippen LogP contribution < -0.4 is 0 Å². The minimum absolute atomic E-state index is 0.124. The predicted molar refractivity (Wildman–Crippen MR) is 42.6 cm³/mol. The molecule has 0 unspecified atom stereocenters. The van der Waals surface area contributed by atoms with Crippen LogP contribution in [-0.4, -0.2) is 15.7 Å². The van der Waals surface area contributed by atoms with Crippen molar-refractivity contribution in [2.45, 2.75) is 20.3 Å². The van der Waals surface area contributed by atoms with E-state index in [9.17, 15) is 4.79 Å². The lowest BCUT2D eigenvalue weighted by Gasteiger charge is -1.91. The highest BCUT2D eigenvalue weighted by Gasteiger charge is 2.06. The van der Waals surface area contributed by atoms with Gasteiger partial charge < -0.3 is 0 Å². The van der Waals surface area contributed by atoms with E-state index in [1.165, 1.54) is 4.68 Å². The molecule has 62 valence electrons. The Morgan fingerprint density at radius 3 is 2.83 bits per heavy atom. The third kappa shape index (κ3) is 1.51. The summed E-state index contributed by atoms with van der Waals surface area (Å²) in [5, 5.41) is 12.2. The summed E-state index contributed by atoms with van der Waals surface area (Å²) in [6.07, 6.45) is 1.51. The average Bonchev–Trinajstić information content (AvgIpc) is 2.33. The van der Waals surface area contributed by atoms with Crippen LogP contribution in [0.4, 0.5) is 0 Å². The van der Waals surface area contributed by atoms with Crippen LogP contribution in [0, 0.1) is 25.2 Å². The summed E-state index contributed by atoms with van der Waals surface area (Å²) in [4.78, 5) is 11.1. The van der Waals surface area contributed by atoms with E-state index < -0.39 is 0 Å². The molecule has 0 bridgehead atoms. The molecule has 1 aromatic rings. The van der Waals surface area contributed by atoms with Gasteiger partial charge in [-0.15, -0.1) is 0 Å². The molecule has 12 heavy (non-hydrogen) atoms. The van der Waals surface area contributed by atoms with Gasteiger partial charge in [-0.3, -0.25) is 4.79 Å². The molecule has 1 aromatic heterocycles. The standard InChI is InChI=1S/C8H9N3O/c1-6-5-11(10-7(6)2)8(12)3-4-9/h5H,3H2,1-2H3. The van der Waals surface area contributed by atoms with E-state index in [4.69, 9.17) is 5.26 Å². The summed E-state index contributed by atoms with van der Waals surface area (Å²) >= 11 is 0. The number of aromatic nitrogens is 2. The first-order valence-electron chi connectivity index (χ1n) is 3.58. The lowest BCUT2D eigenvalue weighted by molar-refractivity contribution is 0.0903. The zero-order valence-electron chi connectivity index (χ0n) is 7.03. The van der Waals surface area contributed by atoms with Crippen LogP contribution in [0.5, 0.6) is 0 Å². The predicted octanol–water partition coefficient (Wildman–Crippen LogP) is 1.05. The second-order valence-electron chi connectivity index (χ2n) is 2.57. The molecule has 0 aliphatic heterocycles. The van der Waals surface area contributed by atoms with Gasteiger partial charge in [-0.05, 0) is 19.4 Å². The number of nitrogens with zero attached hydrogens (tertiary/aromatic N) is 3. The van der Waals surface area contributed by atoms with Gasteiger partial charge in [-0.2, -0.15) is 10.4 Å². The molecule has 0 saturated heterocycles. The molecule has 4 nitrogen and oxygen atoms in total. The number of hydrogen-bond donors (Lipinski definition) is 0. The van der Waals surface area contributed by atoms with Crippen LogP contribution in [0.1, 0.15) is 22.5 Å². The first-order valence-corrected chi connectivity index (χ1v) is 3.58. The van der Waals surface area contributed by atoms with Crippen molar-refractivity contribution in [3.05, 3.63) is 17.5 Å². The van der Waals surface area contributed by atoms with Gasteiger partial charge in [-0.25, -0.2) is 4.68 Å². The Labute approximate surface area is 70.4 Å². The highest BCUT2D eigenvalue weighted by molar-refractivity contribution is 5.80. The van der Waals surface area contributed by atoms with Crippen molar-refractivity contribution < 1.29 is 4.79 Å². The Balaban J connectivity index is 2.91. The first kappa shape index (κ1) is 8.47. The zero-order valence-corrected chi connectivity index (χ0v) is 7.03. The second kappa shape index (κ2) is 3.18. The summed E-state index contributed by atoms with van der Waals surface area (Å²) in [5.74, 6) is -0.284. The fraction of sp³-hybridized carbons (Fsp3) is 0.375. The molecule has 4 heteroatoms. The van der Waals surface area contributed by atoms with Crippen LogP contribution in [0.3, 0.4) is 0 Å². The molecule has 0 saturated carbocycles. The maximum atomic E-state index is 11.1. The normalized spacial score (nSPS) is 9.42. The number of hydrogen-bond acceptors (Lipinski definition) is 3. The largest absolute Gasteiger partial charge is 0.271 e. The molecule has 0 fully saturated rings. The summed E-state index contributed by atoms with van der Waals surface area (Å²) in [5.41, 5.74) is 1.78. The van der Waals surface area contributed by atoms with Crippen LogP contribution in [0.25, 0.3) is 0 Å². The number of nitriles is 1. The smallest absolute Gasteiger partial charge is 0.261 e. The molecule has 0 atom stereocenters. The minimum atomic E-state index is -0.284. The fourth-order valence-corrected chi connectivity index (χ4v) is 0.823. The Morgan fingerprint density at radius 2 is 2.42 bits per heavy atom. The van der Waals surface area contributed by atoms with Gasteiger partial charge in [0.25, 0.3) is 5.91 Å². The molecule has 0 radical (unpaired) electrons. The molecular weight excluding hydrogens is 154 g/mol. The quantitative estimate of drug-likeness (QED) is 0.621. The topological polar surface area (TPSA) is 58.7 Å².